The van der Waals surface area contributed by atoms with Crippen molar-refractivity contribution in [3.05, 3.63) is 64.1 Å². The van der Waals surface area contributed by atoms with Gasteiger partial charge >= 0.3 is 5.97 Å². The minimum absolute atomic E-state index is 0.0762. The lowest BCUT2D eigenvalue weighted by Crippen LogP contribution is -2.48. The summed E-state index contributed by atoms with van der Waals surface area (Å²) in [4.78, 5) is 35.5. The molecule has 0 unspecified atom stereocenters. The molecule has 2 aromatic carbocycles. The van der Waals surface area contributed by atoms with Gasteiger partial charge in [-0.3, -0.25) is 25.2 Å². The molecular weight excluding hydrogens is 501 g/mol. The van der Waals surface area contributed by atoms with E-state index in [1.807, 2.05) is 30.3 Å². The van der Waals surface area contributed by atoms with Crippen LogP contribution in [-0.4, -0.2) is 36.1 Å². The molecule has 0 radical (unpaired) electrons. The van der Waals surface area contributed by atoms with Crippen LogP contribution in [0, 0.1) is 0 Å². The maximum Gasteiger partial charge on any atom is 0.306 e. The highest BCUT2D eigenvalue weighted by Crippen LogP contribution is 2.27. The minimum atomic E-state index is -0.472. The van der Waals surface area contributed by atoms with Crippen LogP contribution in [0.4, 0.5) is 0 Å². The Kier molecular flexibility index (Phi) is 12.2. The van der Waals surface area contributed by atoms with Crippen molar-refractivity contribution in [2.45, 2.75) is 32.1 Å². The Bertz CT molecular complexity index is 992. The van der Waals surface area contributed by atoms with Gasteiger partial charge in [0.15, 0.2) is 5.11 Å². The number of benzene rings is 2. The van der Waals surface area contributed by atoms with Crippen LogP contribution in [0.15, 0.2) is 48.5 Å². The monoisotopic (exact) mass is 525 g/mol. The number of ether oxygens (including phenoxy) is 2. The zero-order valence-corrected chi connectivity index (χ0v) is 20.6. The summed E-state index contributed by atoms with van der Waals surface area (Å²) in [6.07, 6.45) is 1.02. The fourth-order valence-electron chi connectivity index (χ4n) is 2.63. The van der Waals surface area contributed by atoms with Crippen molar-refractivity contribution in [2.24, 2.45) is 0 Å². The van der Waals surface area contributed by atoms with Crippen LogP contribution < -0.4 is 20.9 Å². The van der Waals surface area contributed by atoms with E-state index in [0.717, 1.165) is 5.56 Å². The second kappa shape index (κ2) is 15.1. The quantitative estimate of drug-likeness (QED) is 0.177. The van der Waals surface area contributed by atoms with E-state index < -0.39 is 11.9 Å². The molecule has 0 bridgehead atoms. The number of carbonyl (C=O) groups is 3. The zero-order valence-electron chi connectivity index (χ0n) is 18.3. The molecule has 0 saturated heterocycles. The number of halogens is 2. The van der Waals surface area contributed by atoms with Gasteiger partial charge < -0.3 is 14.8 Å². The predicted octanol–water partition coefficient (Wildman–Crippen LogP) is 3.74. The van der Waals surface area contributed by atoms with Crippen molar-refractivity contribution in [3.63, 3.8) is 0 Å². The van der Waals surface area contributed by atoms with Gasteiger partial charge in [0.05, 0.1) is 24.7 Å². The number of carbonyl (C=O) groups excluding carboxylic acids is 3. The second-order valence-electron chi connectivity index (χ2n) is 7.03. The molecule has 0 aliphatic rings. The van der Waals surface area contributed by atoms with Crippen LogP contribution >= 0.6 is 35.4 Å². The van der Waals surface area contributed by atoms with Gasteiger partial charge in [-0.2, -0.15) is 0 Å². The largest absolute Gasteiger partial charge is 0.492 e. The summed E-state index contributed by atoms with van der Waals surface area (Å²) in [5, 5.41) is 3.19. The molecule has 0 heterocycles. The van der Waals surface area contributed by atoms with Gasteiger partial charge in [-0.15, -0.1) is 0 Å². The Balaban J connectivity index is 1.51. The zero-order chi connectivity index (χ0) is 24.8. The van der Waals surface area contributed by atoms with Gasteiger partial charge in [-0.05, 0) is 42.4 Å². The first-order chi connectivity index (χ1) is 16.3. The Morgan fingerprint density at radius 2 is 1.65 bits per heavy atom. The summed E-state index contributed by atoms with van der Waals surface area (Å²) in [5.41, 5.74) is 5.87. The van der Waals surface area contributed by atoms with Crippen molar-refractivity contribution in [3.8, 4) is 5.75 Å². The fraction of sp³-hybridized carbons (Fsp3) is 0.304. The SMILES string of the molecule is O=C(CCCOc1ccc(Cl)cc1Cl)NNC(=S)NC(=O)CCC(=O)OCCc1ccccc1. The summed E-state index contributed by atoms with van der Waals surface area (Å²) >= 11 is 16.8. The molecule has 11 heteroatoms. The molecule has 34 heavy (non-hydrogen) atoms. The molecule has 0 spiro atoms. The van der Waals surface area contributed by atoms with Crippen LogP contribution in [0.5, 0.6) is 5.75 Å². The summed E-state index contributed by atoms with van der Waals surface area (Å²) in [6, 6.07) is 14.5. The average molecular weight is 526 g/mol. The Morgan fingerprint density at radius 3 is 2.38 bits per heavy atom. The van der Waals surface area contributed by atoms with Gasteiger partial charge in [-0.25, -0.2) is 0 Å². The highest BCUT2D eigenvalue weighted by molar-refractivity contribution is 7.80. The Labute approximate surface area is 213 Å². The van der Waals surface area contributed by atoms with Crippen LogP contribution in [0.2, 0.25) is 10.0 Å². The lowest BCUT2D eigenvalue weighted by atomic mass is 10.2. The van der Waals surface area contributed by atoms with E-state index in [2.05, 4.69) is 16.2 Å². The Hall–Kier alpha value is -2.88. The van der Waals surface area contributed by atoms with Crippen molar-refractivity contribution >= 4 is 58.3 Å². The molecule has 0 atom stereocenters. The van der Waals surface area contributed by atoms with E-state index in [-0.39, 0.29) is 43.5 Å². The van der Waals surface area contributed by atoms with Gasteiger partial charge in [0.2, 0.25) is 11.8 Å². The second-order valence-corrected chi connectivity index (χ2v) is 8.29. The smallest absolute Gasteiger partial charge is 0.306 e. The van der Waals surface area contributed by atoms with E-state index in [1.165, 1.54) is 0 Å². The number of rotatable bonds is 11. The summed E-state index contributed by atoms with van der Waals surface area (Å²) in [5.74, 6) is -0.807. The predicted molar refractivity (Wildman–Crippen MR) is 134 cm³/mol. The molecule has 8 nitrogen and oxygen atoms in total. The first-order valence-corrected chi connectivity index (χ1v) is 11.7. The molecule has 2 amide bonds. The maximum absolute atomic E-state index is 11.9. The molecule has 0 saturated carbocycles. The number of thiocarbonyl (C=S) groups is 1. The first kappa shape index (κ1) is 27.4. The molecule has 0 aromatic heterocycles. The van der Waals surface area contributed by atoms with Gasteiger partial charge in [0.25, 0.3) is 0 Å². The van der Waals surface area contributed by atoms with E-state index in [9.17, 15) is 14.4 Å². The fourth-order valence-corrected chi connectivity index (χ4v) is 3.26. The molecule has 2 aromatic rings. The van der Waals surface area contributed by atoms with E-state index in [1.54, 1.807) is 18.2 Å². The Morgan fingerprint density at radius 1 is 0.882 bits per heavy atom. The molecule has 3 N–H and O–H groups in total. The third-order valence-corrected chi connectivity index (χ3v) is 5.06. The summed E-state index contributed by atoms with van der Waals surface area (Å²) in [6.45, 7) is 0.519. The highest BCUT2D eigenvalue weighted by Gasteiger charge is 2.10. The normalized spacial score (nSPS) is 10.2. The minimum Gasteiger partial charge on any atom is -0.492 e. The van der Waals surface area contributed by atoms with Crippen molar-refractivity contribution in [1.82, 2.24) is 16.2 Å². The average Bonchev–Trinajstić information content (AvgIpc) is 2.81. The molecule has 0 aliphatic heterocycles. The third-order valence-electron chi connectivity index (χ3n) is 4.32. The van der Waals surface area contributed by atoms with Crippen molar-refractivity contribution in [1.29, 1.82) is 0 Å². The van der Waals surface area contributed by atoms with Crippen LogP contribution in [0.25, 0.3) is 0 Å². The van der Waals surface area contributed by atoms with Crippen molar-refractivity contribution < 1.29 is 23.9 Å². The van der Waals surface area contributed by atoms with Gasteiger partial charge in [0, 0.05) is 24.3 Å². The number of hydrogen-bond acceptors (Lipinski definition) is 6. The van der Waals surface area contributed by atoms with Crippen LogP contribution in [-0.2, 0) is 25.5 Å². The van der Waals surface area contributed by atoms with E-state index >= 15 is 0 Å². The first-order valence-electron chi connectivity index (χ1n) is 10.5. The van der Waals surface area contributed by atoms with Crippen LogP contribution in [0.1, 0.15) is 31.2 Å². The summed E-state index contributed by atoms with van der Waals surface area (Å²) in [7, 11) is 0. The van der Waals surface area contributed by atoms with E-state index in [0.29, 0.717) is 28.6 Å². The number of esters is 1. The van der Waals surface area contributed by atoms with Crippen molar-refractivity contribution in [2.75, 3.05) is 13.2 Å². The topological polar surface area (TPSA) is 106 Å². The maximum atomic E-state index is 11.9. The van der Waals surface area contributed by atoms with E-state index in [4.69, 9.17) is 44.9 Å². The lowest BCUT2D eigenvalue weighted by molar-refractivity contribution is -0.144. The number of hydrazine groups is 1. The summed E-state index contributed by atoms with van der Waals surface area (Å²) < 4.78 is 10.6. The van der Waals surface area contributed by atoms with Crippen LogP contribution in [0.3, 0.4) is 0 Å². The molecule has 182 valence electrons. The molecular formula is C23H25Cl2N3O5S. The lowest BCUT2D eigenvalue weighted by Gasteiger charge is -2.11. The third kappa shape index (κ3) is 11.3. The standard InChI is InChI=1S/C23H25Cl2N3O5S/c24-17-8-9-19(18(25)15-17)32-13-4-7-21(30)27-28-23(34)26-20(29)10-11-22(31)33-14-12-16-5-2-1-3-6-16/h1-3,5-6,8-9,15H,4,7,10-14H2,(H,27,30)(H2,26,28,29,34). The number of amides is 2. The highest BCUT2D eigenvalue weighted by atomic mass is 35.5. The number of nitrogens with one attached hydrogen (secondary N) is 3. The molecule has 0 fully saturated rings. The van der Waals surface area contributed by atoms with Gasteiger partial charge in [-0.1, -0.05) is 53.5 Å². The molecule has 0 aliphatic carbocycles. The molecule has 2 rings (SSSR count). The number of hydrogen-bond donors (Lipinski definition) is 3. The van der Waals surface area contributed by atoms with Gasteiger partial charge in [0.1, 0.15) is 5.75 Å².